The van der Waals surface area contributed by atoms with Crippen LogP contribution in [-0.2, 0) is 4.79 Å². The van der Waals surface area contributed by atoms with Crippen LogP contribution < -0.4 is 10.1 Å². The van der Waals surface area contributed by atoms with E-state index in [0.717, 1.165) is 10.8 Å². The van der Waals surface area contributed by atoms with Crippen LogP contribution in [0, 0.1) is 11.3 Å². The molecule has 1 unspecified atom stereocenters. The summed E-state index contributed by atoms with van der Waals surface area (Å²) >= 11 is 0. The van der Waals surface area contributed by atoms with Gasteiger partial charge in [-0.25, -0.2) is 0 Å². The fraction of sp³-hybridized carbons (Fsp3) is 0.250. The SMILES string of the molecule is CC(O)c1ccc2ccccc2c1OCC(=O)NCC#N. The quantitative estimate of drug-likeness (QED) is 0.822. The van der Waals surface area contributed by atoms with Gasteiger partial charge in [-0.3, -0.25) is 4.79 Å². The fourth-order valence-corrected chi connectivity index (χ4v) is 2.08. The summed E-state index contributed by atoms with van der Waals surface area (Å²) in [5.74, 6) is 0.122. The molecule has 0 radical (unpaired) electrons. The van der Waals surface area contributed by atoms with E-state index in [1.165, 1.54) is 0 Å². The maximum Gasteiger partial charge on any atom is 0.258 e. The topological polar surface area (TPSA) is 82.3 Å². The molecule has 0 bridgehead atoms. The lowest BCUT2D eigenvalue weighted by Gasteiger charge is -2.15. The lowest BCUT2D eigenvalue weighted by atomic mass is 10.0. The second-order valence-electron chi connectivity index (χ2n) is 4.60. The standard InChI is InChI=1S/C16H16N2O3/c1-11(19)13-7-6-12-4-2-3-5-14(12)16(13)21-10-15(20)18-9-8-17/h2-7,11,19H,9-10H2,1H3,(H,18,20). The molecular weight excluding hydrogens is 268 g/mol. The average Bonchev–Trinajstić information content (AvgIpc) is 2.50. The minimum absolute atomic E-state index is 0.0546. The Kier molecular flexibility index (Phi) is 4.75. The number of rotatable bonds is 5. The molecule has 1 atom stereocenters. The molecule has 2 N–H and O–H groups in total. The Morgan fingerprint density at radius 2 is 2.14 bits per heavy atom. The van der Waals surface area contributed by atoms with Gasteiger partial charge in [0.2, 0.25) is 0 Å². The number of nitriles is 1. The van der Waals surface area contributed by atoms with Gasteiger partial charge < -0.3 is 15.2 Å². The highest BCUT2D eigenvalue weighted by molar-refractivity contribution is 5.90. The normalized spacial score (nSPS) is 11.7. The first-order valence-corrected chi connectivity index (χ1v) is 6.59. The number of hydrogen-bond donors (Lipinski definition) is 2. The molecule has 2 aromatic rings. The summed E-state index contributed by atoms with van der Waals surface area (Å²) in [7, 11) is 0. The number of benzene rings is 2. The van der Waals surface area contributed by atoms with E-state index in [4.69, 9.17) is 10.00 Å². The molecule has 0 heterocycles. The number of carbonyl (C=O) groups is 1. The number of fused-ring (bicyclic) bond motifs is 1. The third-order valence-corrected chi connectivity index (χ3v) is 3.07. The van der Waals surface area contributed by atoms with Gasteiger partial charge in [-0.2, -0.15) is 5.26 Å². The van der Waals surface area contributed by atoms with E-state index in [9.17, 15) is 9.90 Å². The van der Waals surface area contributed by atoms with Crippen LogP contribution >= 0.6 is 0 Å². The number of nitrogens with one attached hydrogen (secondary N) is 1. The molecule has 2 aromatic carbocycles. The molecule has 108 valence electrons. The van der Waals surface area contributed by atoms with Gasteiger partial charge >= 0.3 is 0 Å². The Labute approximate surface area is 122 Å². The molecule has 0 aliphatic carbocycles. The predicted molar refractivity (Wildman–Crippen MR) is 78.7 cm³/mol. The molecule has 0 aliphatic heterocycles. The highest BCUT2D eigenvalue weighted by atomic mass is 16.5. The molecule has 1 amide bonds. The zero-order chi connectivity index (χ0) is 15.2. The van der Waals surface area contributed by atoms with Crippen molar-refractivity contribution in [1.82, 2.24) is 5.32 Å². The van der Waals surface area contributed by atoms with E-state index >= 15 is 0 Å². The van der Waals surface area contributed by atoms with E-state index in [0.29, 0.717) is 11.3 Å². The van der Waals surface area contributed by atoms with Crippen LogP contribution in [0.5, 0.6) is 5.75 Å². The molecule has 0 saturated heterocycles. The second-order valence-corrected chi connectivity index (χ2v) is 4.60. The zero-order valence-electron chi connectivity index (χ0n) is 11.7. The average molecular weight is 284 g/mol. The van der Waals surface area contributed by atoms with Crippen molar-refractivity contribution < 1.29 is 14.6 Å². The summed E-state index contributed by atoms with van der Waals surface area (Å²) in [6, 6.07) is 13.1. The van der Waals surface area contributed by atoms with Gasteiger partial charge in [0.25, 0.3) is 5.91 Å². The van der Waals surface area contributed by atoms with Crippen molar-refractivity contribution in [2.75, 3.05) is 13.2 Å². The van der Waals surface area contributed by atoms with Gasteiger partial charge in [0.05, 0.1) is 12.2 Å². The molecule has 2 rings (SSSR count). The van der Waals surface area contributed by atoms with Crippen LogP contribution in [0.3, 0.4) is 0 Å². The predicted octanol–water partition coefficient (Wildman–Crippen LogP) is 1.91. The summed E-state index contributed by atoms with van der Waals surface area (Å²) in [6.07, 6.45) is -0.702. The van der Waals surface area contributed by atoms with Crippen molar-refractivity contribution in [1.29, 1.82) is 5.26 Å². The molecule has 21 heavy (non-hydrogen) atoms. The van der Waals surface area contributed by atoms with Crippen molar-refractivity contribution in [2.45, 2.75) is 13.0 Å². The molecule has 0 saturated carbocycles. The number of amides is 1. The first kappa shape index (κ1) is 14.8. The van der Waals surface area contributed by atoms with Crippen LogP contribution in [0.1, 0.15) is 18.6 Å². The second kappa shape index (κ2) is 6.73. The molecule has 5 heteroatoms. The van der Waals surface area contributed by atoms with Gasteiger partial charge in [0.15, 0.2) is 6.61 Å². The van der Waals surface area contributed by atoms with Gasteiger partial charge in [0, 0.05) is 10.9 Å². The molecule has 5 nitrogen and oxygen atoms in total. The summed E-state index contributed by atoms with van der Waals surface area (Å²) in [5.41, 5.74) is 0.627. The first-order valence-electron chi connectivity index (χ1n) is 6.59. The zero-order valence-corrected chi connectivity index (χ0v) is 11.7. The van der Waals surface area contributed by atoms with E-state index < -0.39 is 6.10 Å². The summed E-state index contributed by atoms with van der Waals surface area (Å²) in [6.45, 7) is 1.39. The minimum atomic E-state index is -0.702. The van der Waals surface area contributed by atoms with Crippen LogP contribution in [0.2, 0.25) is 0 Å². The summed E-state index contributed by atoms with van der Waals surface area (Å²) in [4.78, 5) is 11.5. The van der Waals surface area contributed by atoms with Crippen LogP contribution in [-0.4, -0.2) is 24.2 Å². The van der Waals surface area contributed by atoms with Gasteiger partial charge in [-0.1, -0.05) is 36.4 Å². The lowest BCUT2D eigenvalue weighted by molar-refractivity contribution is -0.122. The van der Waals surface area contributed by atoms with Crippen molar-refractivity contribution in [3.05, 3.63) is 42.0 Å². The van der Waals surface area contributed by atoms with Gasteiger partial charge in [-0.15, -0.1) is 0 Å². The molecule has 0 fully saturated rings. The van der Waals surface area contributed by atoms with Crippen LogP contribution in [0.25, 0.3) is 10.8 Å². The van der Waals surface area contributed by atoms with Crippen molar-refractivity contribution >= 4 is 16.7 Å². The number of carbonyl (C=O) groups excluding carboxylic acids is 1. The van der Waals surface area contributed by atoms with Crippen LogP contribution in [0.15, 0.2) is 36.4 Å². The monoisotopic (exact) mass is 284 g/mol. The highest BCUT2D eigenvalue weighted by Crippen LogP contribution is 2.33. The minimum Gasteiger partial charge on any atom is -0.483 e. The molecular formula is C16H16N2O3. The van der Waals surface area contributed by atoms with E-state index in [2.05, 4.69) is 5.32 Å². The van der Waals surface area contributed by atoms with E-state index in [1.54, 1.807) is 13.0 Å². The summed E-state index contributed by atoms with van der Waals surface area (Å²) < 4.78 is 5.59. The Morgan fingerprint density at radius 1 is 1.38 bits per heavy atom. The largest absolute Gasteiger partial charge is 0.483 e. The third kappa shape index (κ3) is 3.50. The Morgan fingerprint density at radius 3 is 2.86 bits per heavy atom. The number of hydrogen-bond acceptors (Lipinski definition) is 4. The molecule has 0 aliphatic rings. The van der Waals surface area contributed by atoms with Gasteiger partial charge in [0.1, 0.15) is 12.3 Å². The number of aliphatic hydroxyl groups is 1. The summed E-state index contributed by atoms with van der Waals surface area (Å²) in [5, 5.41) is 22.5. The molecule has 0 spiro atoms. The maximum atomic E-state index is 11.5. The lowest BCUT2D eigenvalue weighted by Crippen LogP contribution is -2.29. The fourth-order valence-electron chi connectivity index (χ4n) is 2.08. The van der Waals surface area contributed by atoms with E-state index in [-0.39, 0.29) is 19.1 Å². The molecule has 0 aromatic heterocycles. The van der Waals surface area contributed by atoms with Crippen LogP contribution in [0.4, 0.5) is 0 Å². The highest BCUT2D eigenvalue weighted by Gasteiger charge is 2.14. The Bertz CT molecular complexity index is 689. The van der Waals surface area contributed by atoms with E-state index in [1.807, 2.05) is 36.4 Å². The van der Waals surface area contributed by atoms with Crippen molar-refractivity contribution in [3.8, 4) is 11.8 Å². The maximum absolute atomic E-state index is 11.5. The first-order chi connectivity index (χ1) is 10.1. The smallest absolute Gasteiger partial charge is 0.258 e. The Balaban J connectivity index is 2.29. The number of ether oxygens (including phenoxy) is 1. The van der Waals surface area contributed by atoms with Gasteiger partial charge in [-0.05, 0) is 12.3 Å². The number of aliphatic hydroxyl groups excluding tert-OH is 1. The van der Waals surface area contributed by atoms with Crippen molar-refractivity contribution in [2.24, 2.45) is 0 Å². The third-order valence-electron chi connectivity index (χ3n) is 3.07. The Hall–Kier alpha value is -2.58. The van der Waals surface area contributed by atoms with Crippen molar-refractivity contribution in [3.63, 3.8) is 0 Å². The number of nitrogens with zero attached hydrogens (tertiary/aromatic N) is 1.